The van der Waals surface area contributed by atoms with Gasteiger partial charge >= 0.3 is 5.69 Å². The van der Waals surface area contributed by atoms with Gasteiger partial charge in [-0.05, 0) is 94.5 Å². The van der Waals surface area contributed by atoms with Gasteiger partial charge in [0.25, 0.3) is 0 Å². The molecule has 4 rings (SSSR count). The number of nitro benzene ring substituents is 1. The van der Waals surface area contributed by atoms with Gasteiger partial charge in [-0.25, -0.2) is 0 Å². The van der Waals surface area contributed by atoms with Crippen LogP contribution in [0.2, 0.25) is 0 Å². The fraction of sp³-hybridized carbons (Fsp3) is 0.667. The zero-order valence-corrected chi connectivity index (χ0v) is 18.8. The van der Waals surface area contributed by atoms with Crippen molar-refractivity contribution in [1.82, 2.24) is 4.90 Å². The van der Waals surface area contributed by atoms with Crippen LogP contribution in [-0.2, 0) is 0 Å². The van der Waals surface area contributed by atoms with Crippen LogP contribution in [0.3, 0.4) is 0 Å². The number of nitro groups is 1. The van der Waals surface area contributed by atoms with E-state index in [1.54, 1.807) is 6.07 Å². The number of hydrogen-bond acceptors (Lipinski definition) is 4. The van der Waals surface area contributed by atoms with Crippen molar-refractivity contribution in [2.45, 2.75) is 84.9 Å². The van der Waals surface area contributed by atoms with Gasteiger partial charge in [0, 0.05) is 18.2 Å². The number of nitrogens with zero attached hydrogens (tertiary/aromatic N) is 2. The predicted molar refractivity (Wildman–Crippen MR) is 118 cm³/mol. The van der Waals surface area contributed by atoms with Gasteiger partial charge in [0.15, 0.2) is 5.75 Å². The van der Waals surface area contributed by atoms with Crippen LogP contribution in [0.5, 0.6) is 5.75 Å². The van der Waals surface area contributed by atoms with Gasteiger partial charge in [-0.1, -0.05) is 19.9 Å². The lowest BCUT2D eigenvalue weighted by molar-refractivity contribution is -0.386. The number of ether oxygens (including phenoxy) is 1. The quantitative estimate of drug-likeness (QED) is 0.434. The van der Waals surface area contributed by atoms with Crippen LogP contribution >= 0.6 is 0 Å². The minimum absolute atomic E-state index is 0.0657. The molecule has 2 unspecified atom stereocenters. The first-order chi connectivity index (χ1) is 13.8. The summed E-state index contributed by atoms with van der Waals surface area (Å²) >= 11 is 0. The van der Waals surface area contributed by atoms with E-state index in [0.717, 1.165) is 29.4 Å². The molecule has 3 aliphatic rings. The molecule has 1 aromatic carbocycles. The van der Waals surface area contributed by atoms with Crippen molar-refractivity contribution in [3.63, 3.8) is 0 Å². The Morgan fingerprint density at radius 3 is 2.28 bits per heavy atom. The Labute approximate surface area is 175 Å². The standard InChI is InChI=1S/C22H30N2O3.C2H6/c1-13(2)27-22-12-18(14(3)9-21(22)24(25)26)17-10-19(15-5-6-15)23(4)20(11-17)16-7-8-16;1-2/h9-10,12-13,15-16,19-20H,5-8,11H2,1-4H3;1-2H3. The summed E-state index contributed by atoms with van der Waals surface area (Å²) in [6.07, 6.45) is 8.67. The Hall–Kier alpha value is -1.88. The topological polar surface area (TPSA) is 55.6 Å². The number of hydrogen-bond donors (Lipinski definition) is 0. The summed E-state index contributed by atoms with van der Waals surface area (Å²) in [4.78, 5) is 13.8. The summed E-state index contributed by atoms with van der Waals surface area (Å²) in [5.74, 6) is 1.97. The van der Waals surface area contributed by atoms with Gasteiger partial charge in [-0.15, -0.1) is 0 Å². The maximum absolute atomic E-state index is 11.5. The lowest BCUT2D eigenvalue weighted by atomic mass is 9.85. The normalized spacial score (nSPS) is 24.6. The molecule has 0 bridgehead atoms. The van der Waals surface area contributed by atoms with Crippen LogP contribution in [0.15, 0.2) is 18.2 Å². The van der Waals surface area contributed by atoms with E-state index in [1.165, 1.54) is 31.3 Å². The van der Waals surface area contributed by atoms with Crippen LogP contribution in [0.25, 0.3) is 5.57 Å². The minimum atomic E-state index is -0.336. The number of aryl methyl sites for hydroxylation is 1. The van der Waals surface area contributed by atoms with E-state index in [2.05, 4.69) is 18.0 Å². The van der Waals surface area contributed by atoms with Crippen molar-refractivity contribution in [3.05, 3.63) is 39.4 Å². The van der Waals surface area contributed by atoms with Gasteiger partial charge < -0.3 is 4.74 Å². The second-order valence-corrected chi connectivity index (χ2v) is 8.85. The highest BCUT2D eigenvalue weighted by molar-refractivity contribution is 5.73. The molecule has 0 radical (unpaired) electrons. The monoisotopic (exact) mass is 400 g/mol. The van der Waals surface area contributed by atoms with Gasteiger partial charge in [0.1, 0.15) is 0 Å². The fourth-order valence-electron chi connectivity index (χ4n) is 4.58. The summed E-state index contributed by atoms with van der Waals surface area (Å²) in [7, 11) is 2.29. The Bertz CT molecular complexity index is 779. The van der Waals surface area contributed by atoms with Gasteiger partial charge in [0.05, 0.1) is 11.0 Å². The Kier molecular flexibility index (Phi) is 6.67. The smallest absolute Gasteiger partial charge is 0.311 e. The van der Waals surface area contributed by atoms with Crippen LogP contribution in [0.4, 0.5) is 5.69 Å². The second-order valence-electron chi connectivity index (χ2n) is 8.85. The van der Waals surface area contributed by atoms with E-state index in [0.29, 0.717) is 17.8 Å². The molecule has 1 heterocycles. The van der Waals surface area contributed by atoms with E-state index >= 15 is 0 Å². The van der Waals surface area contributed by atoms with Gasteiger partial charge in [0.2, 0.25) is 0 Å². The summed E-state index contributed by atoms with van der Waals surface area (Å²) in [5.41, 5.74) is 3.51. The molecule has 29 heavy (non-hydrogen) atoms. The second kappa shape index (κ2) is 8.86. The maximum Gasteiger partial charge on any atom is 0.311 e. The third kappa shape index (κ3) is 4.82. The summed E-state index contributed by atoms with van der Waals surface area (Å²) in [6, 6.07) is 4.70. The average Bonchev–Trinajstić information content (AvgIpc) is 3.56. The van der Waals surface area contributed by atoms with Gasteiger partial charge in [-0.3, -0.25) is 15.0 Å². The summed E-state index contributed by atoms with van der Waals surface area (Å²) in [6.45, 7) is 9.80. The molecule has 2 saturated carbocycles. The molecule has 0 spiro atoms. The molecule has 2 aliphatic carbocycles. The number of benzene rings is 1. The first-order valence-corrected chi connectivity index (χ1v) is 11.2. The zero-order chi connectivity index (χ0) is 21.3. The molecular weight excluding hydrogens is 364 g/mol. The van der Waals surface area contributed by atoms with Crippen LogP contribution in [0.1, 0.15) is 70.9 Å². The van der Waals surface area contributed by atoms with Crippen molar-refractivity contribution in [1.29, 1.82) is 0 Å². The highest BCUT2D eigenvalue weighted by Crippen LogP contribution is 2.48. The molecule has 0 aromatic heterocycles. The van der Waals surface area contributed by atoms with Crippen molar-refractivity contribution >= 4 is 11.3 Å². The molecular formula is C24H36N2O3. The maximum atomic E-state index is 11.5. The van der Waals surface area contributed by atoms with Crippen LogP contribution < -0.4 is 4.74 Å². The number of likely N-dealkylation sites (N-methyl/N-ethyl adjacent to an activating group) is 1. The lowest BCUT2D eigenvalue weighted by Crippen LogP contribution is -2.44. The van der Waals surface area contributed by atoms with E-state index in [9.17, 15) is 10.1 Å². The molecule has 0 N–H and O–H groups in total. The molecule has 0 saturated heterocycles. The van der Waals surface area contributed by atoms with Gasteiger partial charge in [-0.2, -0.15) is 0 Å². The van der Waals surface area contributed by atoms with Crippen LogP contribution in [0, 0.1) is 28.9 Å². The van der Waals surface area contributed by atoms with Crippen molar-refractivity contribution in [2.24, 2.45) is 11.8 Å². The third-order valence-corrected chi connectivity index (χ3v) is 6.28. The number of rotatable bonds is 6. The van der Waals surface area contributed by atoms with Crippen LogP contribution in [-0.4, -0.2) is 35.1 Å². The molecule has 5 nitrogen and oxygen atoms in total. The average molecular weight is 401 g/mol. The van der Waals surface area contributed by atoms with Crippen molar-refractivity contribution in [2.75, 3.05) is 7.05 Å². The van der Waals surface area contributed by atoms with E-state index in [4.69, 9.17) is 4.74 Å². The summed E-state index contributed by atoms with van der Waals surface area (Å²) in [5, 5.41) is 11.5. The Morgan fingerprint density at radius 2 is 1.76 bits per heavy atom. The fourth-order valence-corrected chi connectivity index (χ4v) is 4.58. The van der Waals surface area contributed by atoms with Crippen molar-refractivity contribution < 1.29 is 9.66 Å². The zero-order valence-electron chi connectivity index (χ0n) is 18.8. The minimum Gasteiger partial charge on any atom is -0.484 e. The van der Waals surface area contributed by atoms with E-state index < -0.39 is 0 Å². The van der Waals surface area contributed by atoms with E-state index in [1.807, 2.05) is 40.7 Å². The molecule has 160 valence electrons. The molecule has 0 amide bonds. The van der Waals surface area contributed by atoms with Crippen molar-refractivity contribution in [3.8, 4) is 5.75 Å². The highest BCUT2D eigenvalue weighted by Gasteiger charge is 2.43. The summed E-state index contributed by atoms with van der Waals surface area (Å²) < 4.78 is 5.81. The molecule has 2 atom stereocenters. The molecule has 1 aromatic rings. The Morgan fingerprint density at radius 1 is 1.14 bits per heavy atom. The first kappa shape index (κ1) is 21.8. The molecule has 5 heteroatoms. The third-order valence-electron chi connectivity index (χ3n) is 6.28. The largest absolute Gasteiger partial charge is 0.484 e. The predicted octanol–water partition coefficient (Wildman–Crippen LogP) is 5.99. The lowest BCUT2D eigenvalue weighted by Gasteiger charge is -2.39. The highest BCUT2D eigenvalue weighted by atomic mass is 16.6. The Balaban J connectivity index is 0.00000117. The molecule has 2 fully saturated rings. The SMILES string of the molecule is CC.Cc1cc([N+](=O)[O-])c(OC(C)C)cc1C1=CC(C2CC2)N(C)C(C2CC2)C1. The van der Waals surface area contributed by atoms with E-state index in [-0.39, 0.29) is 16.7 Å². The first-order valence-electron chi connectivity index (χ1n) is 11.2. The molecule has 1 aliphatic heterocycles.